The summed E-state index contributed by atoms with van der Waals surface area (Å²) in [5.74, 6) is 0.881. The summed E-state index contributed by atoms with van der Waals surface area (Å²) in [5, 5.41) is 4.11. The van der Waals surface area contributed by atoms with Crippen LogP contribution in [-0.4, -0.2) is 26.2 Å². The average Bonchev–Trinajstić information content (AvgIpc) is 2.55. The zero-order valence-corrected chi connectivity index (χ0v) is 12.6. The van der Waals surface area contributed by atoms with E-state index in [1.807, 2.05) is 36.4 Å². The minimum Gasteiger partial charge on any atom is -0.489 e. The molecule has 1 heterocycles. The first-order valence-electron chi connectivity index (χ1n) is 7.25. The molecule has 1 aliphatic heterocycles. The normalized spacial score (nSPS) is 15.0. The molecule has 0 aliphatic carbocycles. The molecule has 2 aromatic carbocycles. The first kappa shape index (κ1) is 14.2. The van der Waals surface area contributed by atoms with Crippen molar-refractivity contribution in [2.24, 2.45) is 0 Å². The fourth-order valence-corrected chi connectivity index (χ4v) is 2.66. The summed E-state index contributed by atoms with van der Waals surface area (Å²) < 4.78 is 5.88. The molecule has 1 saturated heterocycles. The lowest BCUT2D eigenvalue weighted by Gasteiger charge is -2.29. The first-order valence-corrected chi connectivity index (χ1v) is 7.63. The Labute approximate surface area is 130 Å². The molecule has 0 atom stereocenters. The molecule has 0 aromatic heterocycles. The minimum atomic E-state index is 0.491. The predicted octanol–water partition coefficient (Wildman–Crippen LogP) is 3.33. The van der Waals surface area contributed by atoms with Gasteiger partial charge >= 0.3 is 0 Å². The molecule has 0 radical (unpaired) electrons. The van der Waals surface area contributed by atoms with Crippen LogP contribution in [0.4, 0.5) is 5.69 Å². The standard InChI is InChI=1S/C17H19ClN2O/c18-17-7-2-1-4-14(17)13-21-16-6-3-5-15(12-16)20-10-8-19-9-11-20/h1-7,12,19H,8-11,13H2. The van der Waals surface area contributed by atoms with E-state index in [9.17, 15) is 0 Å². The molecule has 0 saturated carbocycles. The largest absolute Gasteiger partial charge is 0.489 e. The van der Waals surface area contributed by atoms with E-state index in [2.05, 4.69) is 22.3 Å². The van der Waals surface area contributed by atoms with Gasteiger partial charge in [-0.3, -0.25) is 0 Å². The molecule has 110 valence electrons. The second-order valence-corrected chi connectivity index (χ2v) is 5.52. The quantitative estimate of drug-likeness (QED) is 0.937. The maximum atomic E-state index is 6.15. The maximum absolute atomic E-state index is 6.15. The van der Waals surface area contributed by atoms with Gasteiger partial charge in [0.1, 0.15) is 12.4 Å². The van der Waals surface area contributed by atoms with Gasteiger partial charge in [0.05, 0.1) is 0 Å². The highest BCUT2D eigenvalue weighted by Crippen LogP contribution is 2.23. The van der Waals surface area contributed by atoms with Gasteiger partial charge in [0, 0.05) is 48.5 Å². The Morgan fingerprint density at radius 1 is 1.05 bits per heavy atom. The Balaban J connectivity index is 1.67. The van der Waals surface area contributed by atoms with E-state index in [1.54, 1.807) is 0 Å². The fraction of sp³-hybridized carbons (Fsp3) is 0.294. The highest BCUT2D eigenvalue weighted by molar-refractivity contribution is 6.31. The second-order valence-electron chi connectivity index (χ2n) is 5.11. The van der Waals surface area contributed by atoms with Crippen molar-refractivity contribution in [3.05, 3.63) is 59.1 Å². The molecule has 3 rings (SSSR count). The SMILES string of the molecule is Clc1ccccc1COc1cccc(N2CCNCC2)c1. The molecule has 2 aromatic rings. The highest BCUT2D eigenvalue weighted by Gasteiger charge is 2.11. The Morgan fingerprint density at radius 3 is 2.67 bits per heavy atom. The smallest absolute Gasteiger partial charge is 0.121 e. The van der Waals surface area contributed by atoms with Crippen LogP contribution < -0.4 is 15.0 Å². The highest BCUT2D eigenvalue weighted by atomic mass is 35.5. The molecule has 21 heavy (non-hydrogen) atoms. The molecule has 1 aliphatic rings. The Morgan fingerprint density at radius 2 is 1.86 bits per heavy atom. The molecule has 0 bridgehead atoms. The lowest BCUT2D eigenvalue weighted by Crippen LogP contribution is -2.43. The van der Waals surface area contributed by atoms with Crippen molar-refractivity contribution < 1.29 is 4.74 Å². The van der Waals surface area contributed by atoms with Crippen LogP contribution in [0.2, 0.25) is 5.02 Å². The minimum absolute atomic E-state index is 0.491. The second kappa shape index (κ2) is 6.83. The predicted molar refractivity (Wildman–Crippen MR) is 87.3 cm³/mol. The number of ether oxygens (including phenoxy) is 1. The molecular weight excluding hydrogens is 284 g/mol. The average molecular weight is 303 g/mol. The van der Waals surface area contributed by atoms with Crippen molar-refractivity contribution in [1.29, 1.82) is 0 Å². The molecule has 4 heteroatoms. The van der Waals surface area contributed by atoms with Crippen LogP contribution in [0, 0.1) is 0 Å². The summed E-state index contributed by atoms with van der Waals surface area (Å²) in [6.07, 6.45) is 0. The van der Waals surface area contributed by atoms with Gasteiger partial charge < -0.3 is 15.0 Å². The van der Waals surface area contributed by atoms with Crippen LogP contribution in [0.15, 0.2) is 48.5 Å². The zero-order valence-electron chi connectivity index (χ0n) is 11.9. The summed E-state index contributed by atoms with van der Waals surface area (Å²) in [6, 6.07) is 16.0. The van der Waals surface area contributed by atoms with Gasteiger partial charge in [-0.05, 0) is 18.2 Å². The van der Waals surface area contributed by atoms with Gasteiger partial charge in [0.2, 0.25) is 0 Å². The summed E-state index contributed by atoms with van der Waals surface area (Å²) in [6.45, 7) is 4.63. The van der Waals surface area contributed by atoms with Crippen molar-refractivity contribution in [3.63, 3.8) is 0 Å². The Hall–Kier alpha value is -1.71. The third-order valence-corrected chi connectivity index (χ3v) is 4.02. The number of hydrogen-bond donors (Lipinski definition) is 1. The van der Waals surface area contributed by atoms with Crippen molar-refractivity contribution in [1.82, 2.24) is 5.32 Å². The number of benzene rings is 2. The number of rotatable bonds is 4. The van der Waals surface area contributed by atoms with Crippen LogP contribution in [0.3, 0.4) is 0 Å². The monoisotopic (exact) mass is 302 g/mol. The summed E-state index contributed by atoms with van der Waals surface area (Å²) in [5.41, 5.74) is 2.22. The van der Waals surface area contributed by atoms with Crippen LogP contribution in [0.25, 0.3) is 0 Å². The van der Waals surface area contributed by atoms with E-state index < -0.39 is 0 Å². The van der Waals surface area contributed by atoms with E-state index in [1.165, 1.54) is 5.69 Å². The summed E-state index contributed by atoms with van der Waals surface area (Å²) in [4.78, 5) is 2.37. The molecule has 3 nitrogen and oxygen atoms in total. The van der Waals surface area contributed by atoms with Crippen molar-refractivity contribution in [2.45, 2.75) is 6.61 Å². The van der Waals surface area contributed by atoms with Crippen LogP contribution >= 0.6 is 11.6 Å². The van der Waals surface area contributed by atoms with Gasteiger partial charge in [-0.1, -0.05) is 35.9 Å². The van der Waals surface area contributed by atoms with E-state index in [4.69, 9.17) is 16.3 Å². The maximum Gasteiger partial charge on any atom is 0.121 e. The van der Waals surface area contributed by atoms with Gasteiger partial charge in [-0.15, -0.1) is 0 Å². The first-order chi connectivity index (χ1) is 10.3. The van der Waals surface area contributed by atoms with E-state index in [0.29, 0.717) is 6.61 Å². The van der Waals surface area contributed by atoms with Gasteiger partial charge in [-0.2, -0.15) is 0 Å². The van der Waals surface area contributed by atoms with Gasteiger partial charge in [0.15, 0.2) is 0 Å². The molecule has 1 fully saturated rings. The third kappa shape index (κ3) is 3.69. The third-order valence-electron chi connectivity index (χ3n) is 3.65. The molecule has 0 spiro atoms. The Kier molecular flexibility index (Phi) is 4.63. The molecular formula is C17H19ClN2O. The van der Waals surface area contributed by atoms with Crippen LogP contribution in [-0.2, 0) is 6.61 Å². The molecule has 1 N–H and O–H groups in total. The van der Waals surface area contributed by atoms with Crippen molar-refractivity contribution in [2.75, 3.05) is 31.1 Å². The molecule has 0 unspecified atom stereocenters. The topological polar surface area (TPSA) is 24.5 Å². The number of hydrogen-bond acceptors (Lipinski definition) is 3. The lowest BCUT2D eigenvalue weighted by atomic mass is 10.2. The number of anilines is 1. The number of halogens is 1. The van der Waals surface area contributed by atoms with E-state index >= 15 is 0 Å². The summed E-state index contributed by atoms with van der Waals surface area (Å²) in [7, 11) is 0. The van der Waals surface area contributed by atoms with Crippen LogP contribution in [0.5, 0.6) is 5.75 Å². The Bertz CT molecular complexity index is 597. The van der Waals surface area contributed by atoms with Crippen LogP contribution in [0.1, 0.15) is 5.56 Å². The molecule has 0 amide bonds. The zero-order chi connectivity index (χ0) is 14.5. The number of nitrogens with zero attached hydrogens (tertiary/aromatic N) is 1. The summed E-state index contributed by atoms with van der Waals surface area (Å²) >= 11 is 6.15. The fourth-order valence-electron chi connectivity index (χ4n) is 2.47. The van der Waals surface area contributed by atoms with E-state index in [0.717, 1.165) is 42.5 Å². The lowest BCUT2D eigenvalue weighted by molar-refractivity contribution is 0.306. The van der Waals surface area contributed by atoms with Gasteiger partial charge in [0.25, 0.3) is 0 Å². The van der Waals surface area contributed by atoms with Crippen molar-refractivity contribution in [3.8, 4) is 5.75 Å². The van der Waals surface area contributed by atoms with E-state index in [-0.39, 0.29) is 0 Å². The number of piperazine rings is 1. The number of nitrogens with one attached hydrogen (secondary N) is 1. The van der Waals surface area contributed by atoms with Gasteiger partial charge in [-0.25, -0.2) is 0 Å². The van der Waals surface area contributed by atoms with Crippen molar-refractivity contribution >= 4 is 17.3 Å².